The summed E-state index contributed by atoms with van der Waals surface area (Å²) in [6, 6.07) is 2.63. The summed E-state index contributed by atoms with van der Waals surface area (Å²) < 4.78 is 95.2. The molecular weight excluding hydrogens is 593 g/mol. The van der Waals surface area contributed by atoms with E-state index in [1.54, 1.807) is 13.0 Å². The molecule has 0 saturated carbocycles. The van der Waals surface area contributed by atoms with Crippen molar-refractivity contribution in [3.05, 3.63) is 82.3 Å². The zero-order chi connectivity index (χ0) is 32.1. The molecule has 2 aromatic carbocycles. The van der Waals surface area contributed by atoms with Crippen LogP contribution in [0.15, 0.2) is 48.7 Å². The second-order valence-corrected chi connectivity index (χ2v) is 11.7. The van der Waals surface area contributed by atoms with Crippen LogP contribution in [0, 0.1) is 12.7 Å². The molecule has 2 fully saturated rings. The zero-order valence-corrected chi connectivity index (χ0v) is 24.4. The summed E-state index contributed by atoms with van der Waals surface area (Å²) in [7, 11) is 1.33. The standard InChI is InChI=1S/C31H33F7N4O2/c1-18-13-23(32)6-7-25(18)27-17-24(41-12-11-40-9-4-5-26(40)28(41)43)8-10-42(27)29(44)39(3)19(2)20-14-21(30(33,34)35)16-22(15-20)31(36,37)38/h4,6-7,9,13-16,19,24,26-27H,5,8,10-12,17H2,1-3H3/t19-,24-,26-,27+/m0/s1. The van der Waals surface area contributed by atoms with Crippen molar-refractivity contribution in [3.8, 4) is 0 Å². The van der Waals surface area contributed by atoms with E-state index < -0.39 is 47.4 Å². The molecule has 4 atom stereocenters. The van der Waals surface area contributed by atoms with Gasteiger partial charge in [-0.15, -0.1) is 0 Å². The monoisotopic (exact) mass is 626 g/mol. The fourth-order valence-electron chi connectivity index (χ4n) is 6.50. The topological polar surface area (TPSA) is 47.1 Å². The molecule has 2 aromatic rings. The molecule has 238 valence electrons. The van der Waals surface area contributed by atoms with Crippen LogP contribution in [0.4, 0.5) is 35.5 Å². The molecule has 13 heteroatoms. The summed E-state index contributed by atoms with van der Waals surface area (Å²) in [6.07, 6.45) is -4.79. The molecule has 3 amide bonds. The maximum Gasteiger partial charge on any atom is 0.416 e. The highest BCUT2D eigenvalue weighted by Crippen LogP contribution is 2.40. The SMILES string of the molecule is Cc1cc(F)ccc1[C@H]1C[C@@H](N2CCN3C=CC[C@H]3C2=O)CCN1C(=O)N(C)[C@@H](C)c1cc(C(F)(F)F)cc(C(F)(F)F)c1. The summed E-state index contributed by atoms with van der Waals surface area (Å²) in [4.78, 5) is 33.8. The Hall–Kier alpha value is -3.77. The fourth-order valence-corrected chi connectivity index (χ4v) is 6.50. The number of nitrogens with zero attached hydrogens (tertiary/aromatic N) is 4. The van der Waals surface area contributed by atoms with E-state index in [1.165, 1.54) is 31.0 Å². The van der Waals surface area contributed by atoms with Gasteiger partial charge in [-0.1, -0.05) is 12.1 Å². The van der Waals surface area contributed by atoms with Crippen LogP contribution in [0.25, 0.3) is 0 Å². The summed E-state index contributed by atoms with van der Waals surface area (Å²) in [5.41, 5.74) is -2.01. The predicted molar refractivity (Wildman–Crippen MR) is 148 cm³/mol. The number of piperazine rings is 1. The minimum atomic E-state index is -5.02. The first-order valence-corrected chi connectivity index (χ1v) is 14.4. The number of hydrogen-bond donors (Lipinski definition) is 0. The Labute approximate surface area is 250 Å². The molecule has 0 spiro atoms. The smallest absolute Gasteiger partial charge is 0.364 e. The van der Waals surface area contributed by atoms with Gasteiger partial charge in [-0.2, -0.15) is 26.3 Å². The number of fused-ring (bicyclic) bond motifs is 1. The lowest BCUT2D eigenvalue weighted by molar-refractivity contribution is -0.144. The molecule has 3 heterocycles. The molecule has 0 N–H and O–H groups in total. The Morgan fingerprint density at radius 1 is 0.955 bits per heavy atom. The largest absolute Gasteiger partial charge is 0.416 e. The van der Waals surface area contributed by atoms with Crippen LogP contribution in [-0.2, 0) is 17.1 Å². The highest BCUT2D eigenvalue weighted by atomic mass is 19.4. The van der Waals surface area contributed by atoms with Crippen LogP contribution in [0.3, 0.4) is 0 Å². The molecule has 0 bridgehead atoms. The van der Waals surface area contributed by atoms with Gasteiger partial charge in [0.2, 0.25) is 5.91 Å². The van der Waals surface area contributed by atoms with E-state index in [0.29, 0.717) is 55.6 Å². The minimum Gasteiger partial charge on any atom is -0.364 e. The van der Waals surface area contributed by atoms with Crippen molar-refractivity contribution < 1.29 is 40.3 Å². The van der Waals surface area contributed by atoms with Gasteiger partial charge in [-0.25, -0.2) is 9.18 Å². The van der Waals surface area contributed by atoms with Crippen molar-refractivity contribution >= 4 is 11.9 Å². The van der Waals surface area contributed by atoms with Crippen molar-refractivity contribution in [2.24, 2.45) is 0 Å². The van der Waals surface area contributed by atoms with Crippen LogP contribution < -0.4 is 0 Å². The maximum absolute atomic E-state index is 14.1. The van der Waals surface area contributed by atoms with Gasteiger partial charge in [0.25, 0.3) is 0 Å². The van der Waals surface area contributed by atoms with E-state index in [4.69, 9.17) is 0 Å². The number of likely N-dealkylation sites (tertiary alicyclic amines) is 1. The van der Waals surface area contributed by atoms with Crippen LogP contribution in [0.5, 0.6) is 0 Å². The van der Waals surface area contributed by atoms with Gasteiger partial charge in [0.1, 0.15) is 11.9 Å². The van der Waals surface area contributed by atoms with Crippen LogP contribution in [0.1, 0.15) is 66.1 Å². The number of rotatable bonds is 4. The number of aryl methyl sites for hydroxylation is 1. The molecule has 5 rings (SSSR count). The van der Waals surface area contributed by atoms with Gasteiger partial charge in [0.15, 0.2) is 0 Å². The minimum absolute atomic E-state index is 0.00337. The number of carbonyl (C=O) groups is 2. The second kappa shape index (κ2) is 11.6. The highest BCUT2D eigenvalue weighted by Gasteiger charge is 2.43. The lowest BCUT2D eigenvalue weighted by Gasteiger charge is -2.48. The molecule has 6 nitrogen and oxygen atoms in total. The van der Waals surface area contributed by atoms with Crippen LogP contribution in [-0.4, -0.2) is 70.3 Å². The van der Waals surface area contributed by atoms with Crippen LogP contribution >= 0.6 is 0 Å². The van der Waals surface area contributed by atoms with Crippen molar-refractivity contribution in [3.63, 3.8) is 0 Å². The number of carbonyl (C=O) groups excluding carboxylic acids is 2. The van der Waals surface area contributed by atoms with Gasteiger partial charge in [0.05, 0.1) is 23.2 Å². The van der Waals surface area contributed by atoms with Gasteiger partial charge in [-0.05, 0) is 86.3 Å². The van der Waals surface area contributed by atoms with Gasteiger partial charge in [0, 0.05) is 32.7 Å². The molecule has 2 saturated heterocycles. The molecule has 0 radical (unpaired) electrons. The molecule has 0 aliphatic carbocycles. The van der Waals surface area contributed by atoms with Gasteiger partial charge >= 0.3 is 18.4 Å². The summed E-state index contributed by atoms with van der Waals surface area (Å²) in [6.45, 7) is 4.42. The number of piperidine rings is 1. The van der Waals surface area contributed by atoms with E-state index in [0.717, 1.165) is 4.90 Å². The van der Waals surface area contributed by atoms with Crippen molar-refractivity contribution in [2.75, 3.05) is 26.7 Å². The quantitative estimate of drug-likeness (QED) is 0.347. The molecule has 3 aliphatic rings. The Kier molecular flexibility index (Phi) is 8.36. The third kappa shape index (κ3) is 6.10. The second-order valence-electron chi connectivity index (χ2n) is 11.7. The van der Waals surface area contributed by atoms with Crippen molar-refractivity contribution in [2.45, 2.75) is 69.6 Å². The molecule has 44 heavy (non-hydrogen) atoms. The summed E-state index contributed by atoms with van der Waals surface area (Å²) in [5, 5.41) is 0. The third-order valence-electron chi connectivity index (χ3n) is 9.05. The van der Waals surface area contributed by atoms with Crippen LogP contribution in [0.2, 0.25) is 0 Å². The first kappa shape index (κ1) is 31.6. The molecular formula is C31H33F7N4O2. The van der Waals surface area contributed by atoms with Crippen molar-refractivity contribution in [1.82, 2.24) is 19.6 Å². The first-order chi connectivity index (χ1) is 20.6. The average molecular weight is 627 g/mol. The average Bonchev–Trinajstić information content (AvgIpc) is 3.45. The van der Waals surface area contributed by atoms with E-state index in [2.05, 4.69) is 0 Å². The number of amides is 3. The molecule has 3 aliphatic heterocycles. The lowest BCUT2D eigenvalue weighted by atomic mass is 9.88. The van der Waals surface area contributed by atoms with Crippen molar-refractivity contribution in [1.29, 1.82) is 0 Å². The normalized spacial score (nSPS) is 23.2. The van der Waals surface area contributed by atoms with Gasteiger partial charge in [-0.3, -0.25) is 4.79 Å². The molecule has 0 unspecified atom stereocenters. The maximum atomic E-state index is 14.1. The van der Waals surface area contributed by atoms with E-state index in [1.807, 2.05) is 22.1 Å². The number of halogens is 7. The Balaban J connectivity index is 1.44. The number of hydrogen-bond acceptors (Lipinski definition) is 3. The lowest BCUT2D eigenvalue weighted by Crippen LogP contribution is -2.59. The Bertz CT molecular complexity index is 1430. The predicted octanol–water partition coefficient (Wildman–Crippen LogP) is 6.92. The summed E-state index contributed by atoms with van der Waals surface area (Å²) >= 11 is 0. The van der Waals surface area contributed by atoms with E-state index >= 15 is 0 Å². The van der Waals surface area contributed by atoms with E-state index in [-0.39, 0.29) is 36.2 Å². The zero-order valence-electron chi connectivity index (χ0n) is 24.4. The summed E-state index contributed by atoms with van der Waals surface area (Å²) in [5.74, 6) is -0.469. The van der Waals surface area contributed by atoms with Gasteiger partial charge < -0.3 is 19.6 Å². The number of benzene rings is 2. The third-order valence-corrected chi connectivity index (χ3v) is 9.05. The first-order valence-electron chi connectivity index (χ1n) is 14.4. The van der Waals surface area contributed by atoms with E-state index in [9.17, 15) is 40.3 Å². The fraction of sp³-hybridized carbons (Fsp3) is 0.484. The Morgan fingerprint density at radius 2 is 1.61 bits per heavy atom. The number of urea groups is 1. The molecule has 0 aromatic heterocycles. The Morgan fingerprint density at radius 3 is 2.23 bits per heavy atom. The highest BCUT2D eigenvalue weighted by molar-refractivity contribution is 5.84. The number of alkyl halides is 6.